The number of hydrogen-bond donors (Lipinski definition) is 2. The maximum Gasteiger partial charge on any atom is 0.253 e. The lowest BCUT2D eigenvalue weighted by Crippen LogP contribution is -2.43. The summed E-state index contributed by atoms with van der Waals surface area (Å²) in [6.45, 7) is 2.52. The van der Waals surface area contributed by atoms with E-state index in [4.69, 9.17) is 4.74 Å². The molecule has 0 radical (unpaired) electrons. The molecule has 1 aliphatic rings. The number of carbonyl (C=O) groups is 1. The Morgan fingerprint density at radius 1 is 1.25 bits per heavy atom. The van der Waals surface area contributed by atoms with Gasteiger partial charge in [-0.1, -0.05) is 25.0 Å². The molecule has 1 saturated carbocycles. The zero-order valence-electron chi connectivity index (χ0n) is 17.9. The van der Waals surface area contributed by atoms with Crippen LogP contribution in [0.25, 0.3) is 0 Å². The molecule has 0 aliphatic heterocycles. The first kappa shape index (κ1) is 22.2. The van der Waals surface area contributed by atoms with Crippen LogP contribution >= 0.6 is 0 Å². The highest BCUT2D eigenvalue weighted by Crippen LogP contribution is 2.40. The molecule has 0 spiro atoms. The maximum absolute atomic E-state index is 12.1. The summed E-state index contributed by atoms with van der Waals surface area (Å²) in [7, 11) is 7.13. The highest BCUT2D eigenvalue weighted by Gasteiger charge is 2.33. The lowest BCUT2D eigenvalue weighted by atomic mass is 9.83. The molecule has 1 amide bonds. The maximum atomic E-state index is 12.1. The Kier molecular flexibility index (Phi) is 8.77. The van der Waals surface area contributed by atoms with Gasteiger partial charge in [0.1, 0.15) is 0 Å². The second-order valence-corrected chi connectivity index (χ2v) is 7.95. The summed E-state index contributed by atoms with van der Waals surface area (Å²) in [5.41, 5.74) is 2.20. The van der Waals surface area contributed by atoms with Gasteiger partial charge >= 0.3 is 0 Å². The Morgan fingerprint density at radius 3 is 2.64 bits per heavy atom. The lowest BCUT2D eigenvalue weighted by molar-refractivity contribution is 0.0827. The van der Waals surface area contributed by atoms with E-state index in [9.17, 15) is 4.79 Å². The quantitative estimate of drug-likeness (QED) is 0.504. The number of ether oxygens (including phenoxy) is 1. The fourth-order valence-electron chi connectivity index (χ4n) is 3.89. The van der Waals surface area contributed by atoms with E-state index in [2.05, 4.69) is 21.7 Å². The summed E-state index contributed by atoms with van der Waals surface area (Å²) in [6.07, 6.45) is 7.06. The van der Waals surface area contributed by atoms with Gasteiger partial charge in [-0.15, -0.1) is 0 Å². The molecule has 1 aromatic rings. The molecule has 1 fully saturated rings. The normalized spacial score (nSPS) is 16.1. The van der Waals surface area contributed by atoms with Gasteiger partial charge in [-0.3, -0.25) is 9.79 Å². The molecule has 156 valence electrons. The Labute approximate surface area is 169 Å². The number of aliphatic imine (C=N–C) groups is 1. The van der Waals surface area contributed by atoms with Gasteiger partial charge in [-0.05, 0) is 48.8 Å². The first-order valence-electron chi connectivity index (χ1n) is 10.2. The smallest absolute Gasteiger partial charge is 0.253 e. The van der Waals surface area contributed by atoms with Crippen molar-refractivity contribution in [3.05, 3.63) is 35.4 Å². The molecular weight excluding hydrogens is 352 g/mol. The van der Waals surface area contributed by atoms with Crippen molar-refractivity contribution in [2.75, 3.05) is 47.9 Å². The van der Waals surface area contributed by atoms with E-state index in [1.54, 1.807) is 26.1 Å². The minimum atomic E-state index is 0.0326. The zero-order chi connectivity index (χ0) is 20.4. The number of rotatable bonds is 9. The average molecular weight is 389 g/mol. The first-order chi connectivity index (χ1) is 13.5. The van der Waals surface area contributed by atoms with Gasteiger partial charge in [0.15, 0.2) is 5.96 Å². The third-order valence-corrected chi connectivity index (χ3v) is 5.64. The number of amides is 1. The van der Waals surface area contributed by atoms with Crippen molar-refractivity contribution in [1.29, 1.82) is 0 Å². The fourth-order valence-corrected chi connectivity index (χ4v) is 3.89. The predicted octanol–water partition coefficient (Wildman–Crippen LogP) is 2.69. The third-order valence-electron chi connectivity index (χ3n) is 5.64. The molecule has 0 saturated heterocycles. The molecule has 28 heavy (non-hydrogen) atoms. The molecule has 6 nitrogen and oxygen atoms in total. The zero-order valence-corrected chi connectivity index (χ0v) is 17.9. The van der Waals surface area contributed by atoms with Crippen molar-refractivity contribution in [2.45, 2.75) is 38.5 Å². The van der Waals surface area contributed by atoms with Gasteiger partial charge in [-0.25, -0.2) is 0 Å². The summed E-state index contributed by atoms with van der Waals surface area (Å²) >= 11 is 0. The first-order valence-corrected chi connectivity index (χ1v) is 10.2. The summed E-state index contributed by atoms with van der Waals surface area (Å²) in [6, 6.07) is 7.83. The Bertz CT molecular complexity index is 652. The second-order valence-electron chi connectivity index (χ2n) is 7.95. The van der Waals surface area contributed by atoms with Crippen LogP contribution in [0.4, 0.5) is 0 Å². The van der Waals surface area contributed by atoms with E-state index in [0.29, 0.717) is 5.41 Å². The van der Waals surface area contributed by atoms with Crippen LogP contribution in [0.3, 0.4) is 0 Å². The van der Waals surface area contributed by atoms with Crippen molar-refractivity contribution in [3.63, 3.8) is 0 Å². The van der Waals surface area contributed by atoms with Crippen LogP contribution in [-0.4, -0.2) is 64.7 Å². The summed E-state index contributed by atoms with van der Waals surface area (Å²) in [4.78, 5) is 18.1. The second kappa shape index (κ2) is 11.1. The Balaban J connectivity index is 1.82. The number of nitrogens with one attached hydrogen (secondary N) is 2. The van der Waals surface area contributed by atoms with Crippen LogP contribution in [0.5, 0.6) is 0 Å². The molecule has 0 unspecified atom stereocenters. The molecule has 2 rings (SSSR count). The van der Waals surface area contributed by atoms with Crippen molar-refractivity contribution in [3.8, 4) is 0 Å². The molecule has 0 aromatic heterocycles. The molecule has 6 heteroatoms. The predicted molar refractivity (Wildman–Crippen MR) is 115 cm³/mol. The number of hydrogen-bond acceptors (Lipinski definition) is 3. The standard InChI is InChI=1S/C22H36N4O2/c1-23-21(25-17-22(13-15-28-4)11-5-6-12-22)24-14-10-18-8-7-9-19(16-18)20(27)26(2)3/h7-9,16H,5-6,10-15,17H2,1-4H3,(H2,23,24,25). The SMILES string of the molecule is CN=C(NCCc1cccc(C(=O)N(C)C)c1)NCC1(CCOC)CCCC1. The van der Waals surface area contributed by atoms with Crippen LogP contribution in [0.15, 0.2) is 29.3 Å². The Morgan fingerprint density at radius 2 is 2.00 bits per heavy atom. The van der Waals surface area contributed by atoms with Gasteiger partial charge in [0.05, 0.1) is 0 Å². The lowest BCUT2D eigenvalue weighted by Gasteiger charge is -2.30. The number of benzene rings is 1. The van der Waals surface area contributed by atoms with Crippen molar-refractivity contribution in [2.24, 2.45) is 10.4 Å². The van der Waals surface area contributed by atoms with Gasteiger partial charge in [-0.2, -0.15) is 0 Å². The highest BCUT2D eigenvalue weighted by atomic mass is 16.5. The molecular formula is C22H36N4O2. The van der Waals surface area contributed by atoms with Gasteiger partial charge in [0.25, 0.3) is 5.91 Å². The third kappa shape index (κ3) is 6.51. The highest BCUT2D eigenvalue weighted by molar-refractivity contribution is 5.94. The van der Waals surface area contributed by atoms with Crippen molar-refractivity contribution < 1.29 is 9.53 Å². The fraction of sp³-hybridized carbons (Fsp3) is 0.636. The summed E-state index contributed by atoms with van der Waals surface area (Å²) in [5, 5.41) is 6.91. The minimum absolute atomic E-state index is 0.0326. The van der Waals surface area contributed by atoms with E-state index < -0.39 is 0 Å². The van der Waals surface area contributed by atoms with E-state index >= 15 is 0 Å². The molecule has 0 bridgehead atoms. The van der Waals surface area contributed by atoms with E-state index in [1.165, 1.54) is 25.7 Å². The molecule has 0 heterocycles. The van der Waals surface area contributed by atoms with Crippen molar-refractivity contribution in [1.82, 2.24) is 15.5 Å². The summed E-state index contributed by atoms with van der Waals surface area (Å²) < 4.78 is 5.32. The number of guanidine groups is 1. The average Bonchev–Trinajstić information content (AvgIpc) is 3.17. The number of carbonyl (C=O) groups excluding carboxylic acids is 1. The topological polar surface area (TPSA) is 66.0 Å². The molecule has 2 N–H and O–H groups in total. The van der Waals surface area contributed by atoms with Gasteiger partial charge in [0, 0.05) is 53.5 Å². The molecule has 1 aromatic carbocycles. The van der Waals surface area contributed by atoms with Gasteiger partial charge in [0.2, 0.25) is 0 Å². The molecule has 1 aliphatic carbocycles. The van der Waals surface area contributed by atoms with E-state index in [-0.39, 0.29) is 5.91 Å². The van der Waals surface area contributed by atoms with Crippen LogP contribution in [0.2, 0.25) is 0 Å². The van der Waals surface area contributed by atoms with Gasteiger partial charge < -0.3 is 20.3 Å². The summed E-state index contributed by atoms with van der Waals surface area (Å²) in [5.74, 6) is 0.870. The molecule has 0 atom stereocenters. The van der Waals surface area contributed by atoms with E-state index in [1.807, 2.05) is 25.2 Å². The van der Waals surface area contributed by atoms with E-state index in [0.717, 1.165) is 49.6 Å². The monoisotopic (exact) mass is 388 g/mol. The Hall–Kier alpha value is -2.08. The van der Waals surface area contributed by atoms with Crippen molar-refractivity contribution >= 4 is 11.9 Å². The van der Waals surface area contributed by atoms with Crippen LogP contribution in [0, 0.1) is 5.41 Å². The van der Waals surface area contributed by atoms with Crippen LogP contribution < -0.4 is 10.6 Å². The number of methoxy groups -OCH3 is 1. The minimum Gasteiger partial charge on any atom is -0.385 e. The largest absolute Gasteiger partial charge is 0.385 e. The number of nitrogens with zero attached hydrogens (tertiary/aromatic N) is 2. The van der Waals surface area contributed by atoms with Crippen LogP contribution in [-0.2, 0) is 11.2 Å². The van der Waals surface area contributed by atoms with Crippen LogP contribution in [0.1, 0.15) is 48.0 Å².